The van der Waals surface area contributed by atoms with Crippen molar-refractivity contribution in [1.29, 1.82) is 0 Å². The van der Waals surface area contributed by atoms with E-state index in [2.05, 4.69) is 98.6 Å². The van der Waals surface area contributed by atoms with Gasteiger partial charge in [0, 0.05) is 5.16 Å². The molecule has 0 aliphatic heterocycles. The van der Waals surface area contributed by atoms with Crippen LogP contribution >= 0.6 is 9.24 Å². The summed E-state index contributed by atoms with van der Waals surface area (Å²) < 4.78 is 0. The van der Waals surface area contributed by atoms with Crippen molar-refractivity contribution in [2.75, 3.05) is 0 Å². The zero-order chi connectivity index (χ0) is 17.9. The molecule has 0 saturated heterocycles. The van der Waals surface area contributed by atoms with Gasteiger partial charge in [0.1, 0.15) is 0 Å². The average molecular weight is 336 g/mol. The molecular weight excluding hydrogens is 307 g/mol. The van der Waals surface area contributed by atoms with Crippen molar-refractivity contribution in [2.24, 2.45) is 5.92 Å². The molecule has 1 heteroatoms. The first-order chi connectivity index (χ1) is 11.2. The molecule has 0 radical (unpaired) electrons. The lowest BCUT2D eigenvalue weighted by Gasteiger charge is -2.22. The van der Waals surface area contributed by atoms with Crippen LogP contribution in [0, 0.1) is 5.92 Å². The lowest BCUT2D eigenvalue weighted by Crippen LogP contribution is -2.11. The minimum atomic E-state index is 0.0240. The van der Waals surface area contributed by atoms with Crippen molar-refractivity contribution < 1.29 is 0 Å². The molecule has 0 aromatic heterocycles. The Hall–Kier alpha value is -1.65. The van der Waals surface area contributed by atoms with Gasteiger partial charge in [-0.15, -0.1) is 9.24 Å². The maximum absolute atomic E-state index is 4.22. The van der Waals surface area contributed by atoms with E-state index in [1.54, 1.807) is 0 Å². The van der Waals surface area contributed by atoms with Crippen LogP contribution in [0.25, 0.3) is 11.1 Å². The van der Waals surface area contributed by atoms with Crippen molar-refractivity contribution in [3.8, 4) is 0 Å². The molecule has 1 unspecified atom stereocenters. The number of rotatable bonds is 6. The van der Waals surface area contributed by atoms with Crippen LogP contribution in [0.5, 0.6) is 0 Å². The van der Waals surface area contributed by atoms with Crippen LogP contribution in [0.15, 0.2) is 61.7 Å². The summed E-state index contributed by atoms with van der Waals surface area (Å²) in [5.74, 6) is 0.484. The average Bonchev–Trinajstić information content (AvgIpc) is 2.54. The first kappa shape index (κ1) is 18.7. The molecule has 0 bridgehead atoms. The Morgan fingerprint density at radius 1 is 0.875 bits per heavy atom. The highest BCUT2D eigenvalue weighted by Crippen LogP contribution is 2.33. The van der Waals surface area contributed by atoms with E-state index in [-0.39, 0.29) is 5.16 Å². The highest BCUT2D eigenvalue weighted by atomic mass is 31.0. The predicted octanol–water partition coefficient (Wildman–Crippen LogP) is 6.61. The van der Waals surface area contributed by atoms with Crippen molar-refractivity contribution in [1.82, 2.24) is 0 Å². The number of benzene rings is 2. The Bertz CT molecular complexity index is 710. The van der Waals surface area contributed by atoms with E-state index in [9.17, 15) is 0 Å². The molecule has 0 amide bonds. The van der Waals surface area contributed by atoms with Gasteiger partial charge in [0.15, 0.2) is 0 Å². The number of allylic oxidation sites excluding steroid dienone is 2. The van der Waals surface area contributed by atoms with Crippen LogP contribution in [0.4, 0.5) is 0 Å². The van der Waals surface area contributed by atoms with Gasteiger partial charge in [-0.05, 0) is 45.7 Å². The van der Waals surface area contributed by atoms with E-state index in [0.717, 1.165) is 12.0 Å². The molecule has 0 saturated carbocycles. The van der Waals surface area contributed by atoms with Gasteiger partial charge < -0.3 is 0 Å². The molecule has 0 N–H and O–H groups in total. The molecule has 0 heterocycles. The summed E-state index contributed by atoms with van der Waals surface area (Å²) in [4.78, 5) is 0. The van der Waals surface area contributed by atoms with E-state index in [4.69, 9.17) is 0 Å². The van der Waals surface area contributed by atoms with Gasteiger partial charge in [0.25, 0.3) is 0 Å². The fraction of sp³-hybridized carbons (Fsp3) is 0.304. The predicted molar refractivity (Wildman–Crippen MR) is 112 cm³/mol. The Morgan fingerprint density at radius 2 is 1.29 bits per heavy atom. The topological polar surface area (TPSA) is 0 Å². The normalized spacial score (nSPS) is 11.6. The summed E-state index contributed by atoms with van der Waals surface area (Å²) in [6.45, 7) is 17.1. The van der Waals surface area contributed by atoms with Gasteiger partial charge in [-0.25, -0.2) is 0 Å². The van der Waals surface area contributed by atoms with Gasteiger partial charge in [-0.1, -0.05) is 89.4 Å². The molecule has 1 atom stereocenters. The molecule has 2 rings (SSSR count). The molecule has 126 valence electrons. The highest BCUT2D eigenvalue weighted by Gasteiger charge is 2.16. The van der Waals surface area contributed by atoms with Crippen LogP contribution in [0.2, 0.25) is 0 Å². The largest absolute Gasteiger partial charge is 0.127 e. The summed E-state index contributed by atoms with van der Waals surface area (Å²) >= 11 is 0. The monoisotopic (exact) mass is 336 g/mol. The Morgan fingerprint density at radius 3 is 1.67 bits per heavy atom. The van der Waals surface area contributed by atoms with E-state index in [1.807, 2.05) is 0 Å². The maximum atomic E-state index is 4.22. The van der Waals surface area contributed by atoms with Gasteiger partial charge in [-0.3, -0.25) is 0 Å². The van der Waals surface area contributed by atoms with Gasteiger partial charge in [0.05, 0.1) is 0 Å². The molecule has 2 aromatic carbocycles. The first-order valence-corrected chi connectivity index (χ1v) is 9.12. The zero-order valence-corrected chi connectivity index (χ0v) is 16.5. The van der Waals surface area contributed by atoms with Crippen molar-refractivity contribution in [2.45, 2.75) is 39.3 Å². The van der Waals surface area contributed by atoms with Crippen LogP contribution in [-0.2, 0) is 6.42 Å². The molecular formula is C23H29P. The van der Waals surface area contributed by atoms with E-state index < -0.39 is 0 Å². The summed E-state index contributed by atoms with van der Waals surface area (Å²) in [7, 11) is 2.86. The molecule has 0 spiro atoms. The summed E-state index contributed by atoms with van der Waals surface area (Å²) in [6.07, 6.45) is 0.950. The standard InChI is InChI=1S/C23H29P/c1-16(2)17(3)21-11-7-19(8-12-21)15-20-9-13-22(14-10-20)18(4)23(5,6)24/h7-14,16H,3-4,15,24H2,1-2,5-6H3. The SMILES string of the molecule is C=C(c1ccc(Cc2ccc(C(=C)C(C)(C)P)cc2)cc1)C(C)C. The molecule has 0 nitrogen and oxygen atoms in total. The zero-order valence-electron chi connectivity index (χ0n) is 15.4. The van der Waals surface area contributed by atoms with Crippen LogP contribution in [0.1, 0.15) is 49.9 Å². The second-order valence-electron chi connectivity index (χ2n) is 7.45. The van der Waals surface area contributed by atoms with E-state index in [0.29, 0.717) is 5.92 Å². The van der Waals surface area contributed by atoms with Gasteiger partial charge >= 0.3 is 0 Å². The highest BCUT2D eigenvalue weighted by molar-refractivity contribution is 7.20. The summed E-state index contributed by atoms with van der Waals surface area (Å²) in [5, 5.41) is 0.0240. The fourth-order valence-corrected chi connectivity index (χ4v) is 2.77. The smallest absolute Gasteiger partial charge is 0.00413 e. The van der Waals surface area contributed by atoms with Crippen LogP contribution in [-0.4, -0.2) is 5.16 Å². The lowest BCUT2D eigenvalue weighted by molar-refractivity contribution is 0.857. The van der Waals surface area contributed by atoms with Gasteiger partial charge in [-0.2, -0.15) is 0 Å². The lowest BCUT2D eigenvalue weighted by atomic mass is 9.93. The third kappa shape index (κ3) is 4.68. The third-order valence-corrected chi connectivity index (χ3v) is 4.86. The quantitative estimate of drug-likeness (QED) is 0.520. The van der Waals surface area contributed by atoms with Crippen molar-refractivity contribution in [3.05, 3.63) is 83.9 Å². The molecule has 0 aliphatic rings. The van der Waals surface area contributed by atoms with Gasteiger partial charge in [0.2, 0.25) is 0 Å². The van der Waals surface area contributed by atoms with Crippen LogP contribution < -0.4 is 0 Å². The van der Waals surface area contributed by atoms with E-state index in [1.165, 1.54) is 27.8 Å². The van der Waals surface area contributed by atoms with Crippen molar-refractivity contribution in [3.63, 3.8) is 0 Å². The molecule has 0 fully saturated rings. The maximum Gasteiger partial charge on any atom is 0.00413 e. The first-order valence-electron chi connectivity index (χ1n) is 8.54. The minimum absolute atomic E-state index is 0.0240. The number of hydrogen-bond donors (Lipinski definition) is 0. The molecule has 0 aliphatic carbocycles. The van der Waals surface area contributed by atoms with Crippen molar-refractivity contribution >= 4 is 20.4 Å². The Kier molecular flexibility index (Phi) is 5.83. The summed E-state index contributed by atoms with van der Waals surface area (Å²) in [6, 6.07) is 17.6. The minimum Gasteiger partial charge on any atom is -0.127 e. The summed E-state index contributed by atoms with van der Waals surface area (Å²) in [5.41, 5.74) is 7.45. The Balaban J connectivity index is 2.09. The Labute approximate surface area is 149 Å². The third-order valence-electron chi connectivity index (χ3n) is 4.51. The fourth-order valence-electron chi connectivity index (χ4n) is 2.60. The molecule has 2 aromatic rings. The molecule has 24 heavy (non-hydrogen) atoms. The van der Waals surface area contributed by atoms with E-state index >= 15 is 0 Å². The number of hydrogen-bond acceptors (Lipinski definition) is 0. The second-order valence-corrected chi connectivity index (χ2v) is 8.89. The second kappa shape index (κ2) is 7.49. The van der Waals surface area contributed by atoms with Crippen LogP contribution in [0.3, 0.4) is 0 Å².